The van der Waals surface area contributed by atoms with E-state index in [9.17, 15) is 4.79 Å². The van der Waals surface area contributed by atoms with Crippen molar-refractivity contribution in [2.45, 2.75) is 58.0 Å². The molecule has 0 bridgehead atoms. The molecule has 1 unspecified atom stereocenters. The number of carboxylic acid groups (broad SMARTS) is 1. The maximum atomic E-state index is 10.6. The Balaban J connectivity index is 1.71. The fourth-order valence-corrected chi connectivity index (χ4v) is 3.52. The third-order valence-corrected chi connectivity index (χ3v) is 4.83. The van der Waals surface area contributed by atoms with E-state index in [2.05, 4.69) is 23.6 Å². The largest absolute Gasteiger partial charge is 0.481 e. The number of carboxylic acids is 1. The minimum absolute atomic E-state index is 0.338. The molecule has 4 nitrogen and oxygen atoms in total. The van der Waals surface area contributed by atoms with Gasteiger partial charge in [-0.2, -0.15) is 0 Å². The Kier molecular flexibility index (Phi) is 5.22. The van der Waals surface area contributed by atoms with Gasteiger partial charge in [0.2, 0.25) is 0 Å². The van der Waals surface area contributed by atoms with Crippen molar-refractivity contribution in [1.29, 1.82) is 0 Å². The molecule has 2 rings (SSSR count). The van der Waals surface area contributed by atoms with Crippen molar-refractivity contribution in [2.24, 2.45) is 5.92 Å². The number of aliphatic carboxylic acids is 1. The third-order valence-electron chi connectivity index (χ3n) is 4.83. The molecule has 0 spiro atoms. The van der Waals surface area contributed by atoms with E-state index < -0.39 is 5.97 Å². The molecule has 19 heavy (non-hydrogen) atoms. The van der Waals surface area contributed by atoms with Crippen LogP contribution in [-0.2, 0) is 4.79 Å². The Hall–Kier alpha value is -0.610. The molecule has 2 heterocycles. The maximum absolute atomic E-state index is 10.6. The van der Waals surface area contributed by atoms with Crippen LogP contribution < -0.4 is 0 Å². The average Bonchev–Trinajstić information content (AvgIpc) is 2.85. The Morgan fingerprint density at radius 1 is 1.21 bits per heavy atom. The lowest BCUT2D eigenvalue weighted by atomic mass is 10.0. The molecule has 4 heteroatoms. The number of hydrogen-bond acceptors (Lipinski definition) is 3. The van der Waals surface area contributed by atoms with E-state index in [1.165, 1.54) is 38.9 Å². The van der Waals surface area contributed by atoms with Crippen molar-refractivity contribution in [2.75, 3.05) is 26.2 Å². The van der Waals surface area contributed by atoms with Crippen LogP contribution in [0.4, 0.5) is 0 Å². The summed E-state index contributed by atoms with van der Waals surface area (Å²) in [6, 6.07) is 1.41. The molecule has 0 radical (unpaired) electrons. The lowest BCUT2D eigenvalue weighted by molar-refractivity contribution is -0.137. The quantitative estimate of drug-likeness (QED) is 0.829. The second kappa shape index (κ2) is 6.71. The van der Waals surface area contributed by atoms with Gasteiger partial charge in [-0.3, -0.25) is 4.79 Å². The Morgan fingerprint density at radius 2 is 1.89 bits per heavy atom. The predicted octanol–water partition coefficient (Wildman–Crippen LogP) is 2.05. The van der Waals surface area contributed by atoms with Gasteiger partial charge < -0.3 is 14.9 Å². The monoisotopic (exact) mass is 268 g/mol. The van der Waals surface area contributed by atoms with E-state index in [0.29, 0.717) is 18.4 Å². The highest BCUT2D eigenvalue weighted by molar-refractivity contribution is 5.66. The predicted molar refractivity (Wildman–Crippen MR) is 76.3 cm³/mol. The minimum Gasteiger partial charge on any atom is -0.481 e. The van der Waals surface area contributed by atoms with Crippen LogP contribution in [0.3, 0.4) is 0 Å². The fourth-order valence-electron chi connectivity index (χ4n) is 3.52. The van der Waals surface area contributed by atoms with Gasteiger partial charge in [-0.05, 0) is 65.1 Å². The summed E-state index contributed by atoms with van der Waals surface area (Å²) in [6.45, 7) is 9.30. The number of likely N-dealkylation sites (tertiary alicyclic amines) is 2. The number of rotatable bonds is 5. The van der Waals surface area contributed by atoms with Crippen LogP contribution in [0, 0.1) is 5.92 Å². The number of hydrogen-bond donors (Lipinski definition) is 1. The van der Waals surface area contributed by atoms with Gasteiger partial charge in [-0.25, -0.2) is 0 Å². The zero-order valence-electron chi connectivity index (χ0n) is 12.3. The molecule has 0 aliphatic carbocycles. The number of piperidine rings is 1. The topological polar surface area (TPSA) is 43.8 Å². The molecular weight excluding hydrogens is 240 g/mol. The number of carbonyl (C=O) groups is 1. The SMILES string of the molecule is CC(C)N1CCC(N2CCC(CCC(=O)O)C2)CC1. The first-order valence-electron chi connectivity index (χ1n) is 7.76. The van der Waals surface area contributed by atoms with Gasteiger partial charge in [0.15, 0.2) is 0 Å². The van der Waals surface area contributed by atoms with Gasteiger partial charge in [0.05, 0.1) is 0 Å². The van der Waals surface area contributed by atoms with Crippen molar-refractivity contribution < 1.29 is 9.90 Å². The van der Waals surface area contributed by atoms with Crippen LogP contribution in [0.2, 0.25) is 0 Å². The Labute approximate surface area is 116 Å². The molecule has 0 amide bonds. The zero-order valence-corrected chi connectivity index (χ0v) is 12.3. The summed E-state index contributed by atoms with van der Waals surface area (Å²) in [5.41, 5.74) is 0. The summed E-state index contributed by atoms with van der Waals surface area (Å²) in [7, 11) is 0. The van der Waals surface area contributed by atoms with Gasteiger partial charge in [-0.1, -0.05) is 0 Å². The molecule has 2 aliphatic rings. The van der Waals surface area contributed by atoms with E-state index >= 15 is 0 Å². The highest BCUT2D eigenvalue weighted by Crippen LogP contribution is 2.27. The highest BCUT2D eigenvalue weighted by atomic mass is 16.4. The van der Waals surface area contributed by atoms with Crippen LogP contribution in [0.15, 0.2) is 0 Å². The van der Waals surface area contributed by atoms with E-state index in [1.807, 2.05) is 0 Å². The van der Waals surface area contributed by atoms with Crippen molar-refractivity contribution in [3.8, 4) is 0 Å². The summed E-state index contributed by atoms with van der Waals surface area (Å²) in [5, 5.41) is 8.75. The summed E-state index contributed by atoms with van der Waals surface area (Å²) in [6.07, 6.45) is 4.95. The van der Waals surface area contributed by atoms with Gasteiger partial charge in [0.1, 0.15) is 0 Å². The zero-order chi connectivity index (χ0) is 13.8. The summed E-state index contributed by atoms with van der Waals surface area (Å²) in [4.78, 5) is 15.8. The van der Waals surface area contributed by atoms with E-state index in [4.69, 9.17) is 5.11 Å². The molecule has 2 aliphatic heterocycles. The molecule has 110 valence electrons. The Morgan fingerprint density at radius 3 is 2.47 bits per heavy atom. The fraction of sp³-hybridized carbons (Fsp3) is 0.933. The average molecular weight is 268 g/mol. The van der Waals surface area contributed by atoms with Crippen molar-refractivity contribution in [3.05, 3.63) is 0 Å². The lowest BCUT2D eigenvalue weighted by Gasteiger charge is -2.38. The molecule has 1 atom stereocenters. The third kappa shape index (κ3) is 4.18. The molecule has 1 N–H and O–H groups in total. The smallest absolute Gasteiger partial charge is 0.303 e. The van der Waals surface area contributed by atoms with Crippen LogP contribution in [0.5, 0.6) is 0 Å². The maximum Gasteiger partial charge on any atom is 0.303 e. The molecule has 0 aromatic carbocycles. The second-order valence-corrected chi connectivity index (χ2v) is 6.44. The van der Waals surface area contributed by atoms with Gasteiger partial charge in [0.25, 0.3) is 0 Å². The highest BCUT2D eigenvalue weighted by Gasteiger charge is 2.31. The van der Waals surface area contributed by atoms with E-state index in [0.717, 1.165) is 19.0 Å². The molecular formula is C15H28N2O2. The first kappa shape index (κ1) is 14.8. The molecule has 0 aromatic rings. The van der Waals surface area contributed by atoms with Crippen molar-refractivity contribution >= 4 is 5.97 Å². The summed E-state index contributed by atoms with van der Waals surface area (Å²) in [5.74, 6) is -0.0390. The molecule has 2 saturated heterocycles. The van der Waals surface area contributed by atoms with Crippen molar-refractivity contribution in [1.82, 2.24) is 9.80 Å². The van der Waals surface area contributed by atoms with Crippen LogP contribution >= 0.6 is 0 Å². The molecule has 0 saturated carbocycles. The minimum atomic E-state index is -0.649. The van der Waals surface area contributed by atoms with Crippen LogP contribution in [0.1, 0.15) is 46.0 Å². The second-order valence-electron chi connectivity index (χ2n) is 6.44. The standard InChI is InChI=1S/C15H28N2O2/c1-12(2)16-9-6-14(7-10-16)17-8-5-13(11-17)3-4-15(18)19/h12-14H,3-11H2,1-2H3,(H,18,19). The van der Waals surface area contributed by atoms with Crippen LogP contribution in [0.25, 0.3) is 0 Å². The number of nitrogens with zero attached hydrogens (tertiary/aromatic N) is 2. The summed E-state index contributed by atoms with van der Waals surface area (Å²) < 4.78 is 0. The normalized spacial score (nSPS) is 27.2. The first-order chi connectivity index (χ1) is 9.06. The van der Waals surface area contributed by atoms with Crippen molar-refractivity contribution in [3.63, 3.8) is 0 Å². The van der Waals surface area contributed by atoms with Gasteiger partial charge >= 0.3 is 5.97 Å². The van der Waals surface area contributed by atoms with Crippen LogP contribution in [-0.4, -0.2) is 59.1 Å². The van der Waals surface area contributed by atoms with Gasteiger partial charge in [-0.15, -0.1) is 0 Å². The molecule has 2 fully saturated rings. The first-order valence-corrected chi connectivity index (χ1v) is 7.76. The lowest BCUT2D eigenvalue weighted by Crippen LogP contribution is -2.46. The summed E-state index contributed by atoms with van der Waals surface area (Å²) >= 11 is 0. The van der Waals surface area contributed by atoms with Gasteiger partial charge in [0, 0.05) is 25.0 Å². The molecule has 0 aromatic heterocycles. The van der Waals surface area contributed by atoms with E-state index in [-0.39, 0.29) is 0 Å². The Bertz CT molecular complexity index is 299. The van der Waals surface area contributed by atoms with E-state index in [1.54, 1.807) is 0 Å².